The van der Waals surface area contributed by atoms with E-state index in [0.29, 0.717) is 12.6 Å². The fourth-order valence-corrected chi connectivity index (χ4v) is 3.85. The molecular weight excluding hydrogens is 244 g/mol. The molecule has 0 radical (unpaired) electrons. The molecule has 1 unspecified atom stereocenters. The minimum atomic E-state index is 0.311. The Labute approximate surface area is 113 Å². The molecule has 2 fully saturated rings. The average molecular weight is 266 g/mol. The van der Waals surface area contributed by atoms with E-state index in [1.54, 1.807) is 0 Å². The van der Waals surface area contributed by atoms with Crippen molar-refractivity contribution in [3.8, 4) is 0 Å². The van der Waals surface area contributed by atoms with Gasteiger partial charge in [-0.25, -0.2) is 4.98 Å². The van der Waals surface area contributed by atoms with Crippen LogP contribution in [0, 0.1) is 0 Å². The van der Waals surface area contributed by atoms with Gasteiger partial charge in [-0.1, -0.05) is 6.42 Å². The van der Waals surface area contributed by atoms with Crippen LogP contribution in [-0.2, 0) is 6.54 Å². The number of hydrogen-bond acceptors (Lipinski definition) is 4. The van der Waals surface area contributed by atoms with Gasteiger partial charge in [0, 0.05) is 30.5 Å². The Hall–Kier alpha value is -0.450. The van der Waals surface area contributed by atoms with Crippen LogP contribution in [0.3, 0.4) is 0 Å². The highest BCUT2D eigenvalue weighted by Crippen LogP contribution is 2.41. The van der Waals surface area contributed by atoms with E-state index >= 15 is 0 Å². The first-order valence-corrected chi connectivity index (χ1v) is 8.04. The summed E-state index contributed by atoms with van der Waals surface area (Å²) in [6.07, 6.45) is 7.43. The van der Waals surface area contributed by atoms with Crippen molar-refractivity contribution in [2.75, 3.05) is 13.2 Å². The molecule has 2 aliphatic rings. The molecule has 1 saturated carbocycles. The second-order valence-corrected chi connectivity index (χ2v) is 6.47. The molecule has 1 aliphatic carbocycles. The van der Waals surface area contributed by atoms with Crippen molar-refractivity contribution in [3.05, 3.63) is 16.1 Å². The smallest absolute Gasteiger partial charge is 0.0959 e. The molecule has 0 spiro atoms. The van der Waals surface area contributed by atoms with Crippen molar-refractivity contribution in [3.63, 3.8) is 0 Å². The molecule has 1 atom stereocenters. The van der Waals surface area contributed by atoms with Crippen LogP contribution in [0.1, 0.15) is 55.1 Å². The van der Waals surface area contributed by atoms with Gasteiger partial charge in [-0.2, -0.15) is 0 Å². The molecule has 3 nitrogen and oxygen atoms in total. The fraction of sp³-hybridized carbons (Fsp3) is 0.786. The van der Waals surface area contributed by atoms with Crippen LogP contribution in [0.15, 0.2) is 5.38 Å². The van der Waals surface area contributed by atoms with Gasteiger partial charge in [-0.15, -0.1) is 11.3 Å². The number of likely N-dealkylation sites (tertiary alicyclic amines) is 1. The summed E-state index contributed by atoms with van der Waals surface area (Å²) in [5.74, 6) is 0.776. The lowest BCUT2D eigenvalue weighted by Crippen LogP contribution is -2.39. The molecule has 0 aromatic carbocycles. The van der Waals surface area contributed by atoms with Gasteiger partial charge in [-0.3, -0.25) is 4.90 Å². The summed E-state index contributed by atoms with van der Waals surface area (Å²) in [4.78, 5) is 7.29. The molecule has 0 bridgehead atoms. The molecule has 1 saturated heterocycles. The zero-order chi connectivity index (χ0) is 12.4. The predicted molar refractivity (Wildman–Crippen MR) is 73.8 cm³/mol. The Morgan fingerprint density at radius 1 is 1.33 bits per heavy atom. The Morgan fingerprint density at radius 3 is 3.00 bits per heavy atom. The van der Waals surface area contributed by atoms with E-state index in [1.807, 2.05) is 11.3 Å². The molecule has 100 valence electrons. The zero-order valence-corrected chi connectivity index (χ0v) is 11.7. The summed E-state index contributed by atoms with van der Waals surface area (Å²) in [7, 11) is 0. The molecule has 1 aromatic rings. The molecular formula is C14H22N2OS. The van der Waals surface area contributed by atoms with Gasteiger partial charge in [0.2, 0.25) is 0 Å². The van der Waals surface area contributed by atoms with E-state index in [4.69, 9.17) is 10.1 Å². The van der Waals surface area contributed by atoms with Crippen molar-refractivity contribution < 1.29 is 5.11 Å². The normalized spacial score (nSPS) is 25.5. The number of aliphatic hydroxyl groups is 1. The summed E-state index contributed by atoms with van der Waals surface area (Å²) in [5.41, 5.74) is 1.24. The first-order chi connectivity index (χ1) is 8.86. The Kier molecular flexibility index (Phi) is 3.97. The SMILES string of the molecule is OCCC1CCCCN1Cc1csc(C2CC2)n1. The average Bonchev–Trinajstić information content (AvgIpc) is 3.13. The van der Waals surface area contributed by atoms with E-state index < -0.39 is 0 Å². The molecule has 0 amide bonds. The maximum absolute atomic E-state index is 9.15. The van der Waals surface area contributed by atoms with Gasteiger partial charge >= 0.3 is 0 Å². The zero-order valence-electron chi connectivity index (χ0n) is 10.8. The Balaban J connectivity index is 1.61. The van der Waals surface area contributed by atoms with E-state index in [0.717, 1.165) is 18.9 Å². The van der Waals surface area contributed by atoms with Crippen LogP contribution in [-0.4, -0.2) is 34.2 Å². The molecule has 3 rings (SSSR count). The highest BCUT2D eigenvalue weighted by molar-refractivity contribution is 7.09. The topological polar surface area (TPSA) is 36.4 Å². The lowest BCUT2D eigenvalue weighted by Gasteiger charge is -2.35. The number of aliphatic hydroxyl groups excluding tert-OH is 1. The minimum Gasteiger partial charge on any atom is -0.396 e. The summed E-state index contributed by atoms with van der Waals surface area (Å²) in [6, 6.07) is 0.565. The van der Waals surface area contributed by atoms with E-state index in [9.17, 15) is 0 Å². The third-order valence-electron chi connectivity index (χ3n) is 4.07. The molecule has 1 aromatic heterocycles. The summed E-state index contributed by atoms with van der Waals surface area (Å²) < 4.78 is 0. The van der Waals surface area contributed by atoms with Crippen molar-refractivity contribution in [2.24, 2.45) is 0 Å². The molecule has 18 heavy (non-hydrogen) atoms. The van der Waals surface area contributed by atoms with Crippen LogP contribution in [0.25, 0.3) is 0 Å². The van der Waals surface area contributed by atoms with Crippen molar-refractivity contribution in [1.29, 1.82) is 0 Å². The lowest BCUT2D eigenvalue weighted by atomic mass is 9.99. The third-order valence-corrected chi connectivity index (χ3v) is 5.13. The highest BCUT2D eigenvalue weighted by atomic mass is 32.1. The van der Waals surface area contributed by atoms with Crippen LogP contribution >= 0.6 is 11.3 Å². The number of piperidine rings is 1. The van der Waals surface area contributed by atoms with E-state index in [1.165, 1.54) is 49.4 Å². The highest BCUT2D eigenvalue weighted by Gasteiger charge is 2.27. The molecule has 2 heterocycles. The maximum Gasteiger partial charge on any atom is 0.0959 e. The molecule has 1 aliphatic heterocycles. The van der Waals surface area contributed by atoms with Crippen LogP contribution in [0.4, 0.5) is 0 Å². The first kappa shape index (κ1) is 12.6. The minimum absolute atomic E-state index is 0.311. The lowest BCUT2D eigenvalue weighted by molar-refractivity contribution is 0.111. The quantitative estimate of drug-likeness (QED) is 0.890. The van der Waals surface area contributed by atoms with Gasteiger partial charge in [-0.05, 0) is 38.6 Å². The van der Waals surface area contributed by atoms with Crippen molar-refractivity contribution in [2.45, 2.75) is 57.0 Å². The first-order valence-electron chi connectivity index (χ1n) is 7.16. The van der Waals surface area contributed by atoms with Crippen LogP contribution < -0.4 is 0 Å². The third kappa shape index (κ3) is 2.92. The maximum atomic E-state index is 9.15. The van der Waals surface area contributed by atoms with Crippen molar-refractivity contribution >= 4 is 11.3 Å². The second kappa shape index (κ2) is 5.68. The second-order valence-electron chi connectivity index (χ2n) is 5.58. The van der Waals surface area contributed by atoms with Gasteiger partial charge in [0.15, 0.2) is 0 Å². The Bertz CT molecular complexity index is 387. The number of thiazole rings is 1. The van der Waals surface area contributed by atoms with Crippen molar-refractivity contribution in [1.82, 2.24) is 9.88 Å². The van der Waals surface area contributed by atoms with Crippen LogP contribution in [0.5, 0.6) is 0 Å². The monoisotopic (exact) mass is 266 g/mol. The molecule has 1 N–H and O–H groups in total. The summed E-state index contributed by atoms with van der Waals surface area (Å²) >= 11 is 1.84. The number of hydrogen-bond donors (Lipinski definition) is 1. The van der Waals surface area contributed by atoms with E-state index in [2.05, 4.69) is 10.3 Å². The van der Waals surface area contributed by atoms with E-state index in [-0.39, 0.29) is 0 Å². The number of nitrogens with zero attached hydrogens (tertiary/aromatic N) is 2. The largest absolute Gasteiger partial charge is 0.396 e. The summed E-state index contributed by atoms with van der Waals surface area (Å²) in [5, 5.41) is 12.7. The summed E-state index contributed by atoms with van der Waals surface area (Å²) in [6.45, 7) is 2.46. The van der Waals surface area contributed by atoms with Gasteiger partial charge in [0.1, 0.15) is 0 Å². The molecule has 4 heteroatoms. The predicted octanol–water partition coefficient (Wildman–Crippen LogP) is 2.76. The van der Waals surface area contributed by atoms with Gasteiger partial charge < -0.3 is 5.11 Å². The Morgan fingerprint density at radius 2 is 2.22 bits per heavy atom. The number of rotatable bonds is 5. The van der Waals surface area contributed by atoms with Gasteiger partial charge in [0.25, 0.3) is 0 Å². The fourth-order valence-electron chi connectivity index (χ4n) is 2.87. The van der Waals surface area contributed by atoms with Gasteiger partial charge in [0.05, 0.1) is 10.7 Å². The standard InChI is InChI=1S/C14H22N2OS/c17-8-6-13-3-1-2-7-16(13)9-12-10-18-14(15-12)11-4-5-11/h10-11,13,17H,1-9H2. The number of aromatic nitrogens is 1. The van der Waals surface area contributed by atoms with Crippen LogP contribution in [0.2, 0.25) is 0 Å².